The third-order valence-electron chi connectivity index (χ3n) is 3.22. The zero-order valence-corrected chi connectivity index (χ0v) is 13.0. The van der Waals surface area contributed by atoms with E-state index in [1.807, 2.05) is 37.9 Å². The Hall–Kier alpha value is -1.85. The van der Waals surface area contributed by atoms with E-state index in [1.54, 1.807) is 12.1 Å². The van der Waals surface area contributed by atoms with Crippen LogP contribution in [0.15, 0.2) is 34.9 Å². The molecule has 0 fully saturated rings. The Kier molecular flexibility index (Phi) is 4.98. The number of rotatable bonds is 5. The molecule has 6 heteroatoms. The fraction of sp³-hybridized carbons (Fsp3) is 0.333. The fourth-order valence-electron chi connectivity index (χ4n) is 1.83. The maximum Gasteiger partial charge on any atom is 0.242 e. The minimum atomic E-state index is -0.312. The molecule has 0 unspecified atom stereocenters. The first-order valence-electron chi connectivity index (χ1n) is 6.63. The van der Waals surface area contributed by atoms with Gasteiger partial charge in [0.15, 0.2) is 0 Å². The number of pyridine rings is 1. The molecule has 0 spiro atoms. The molecular formula is C15H18ClN3O2. The molecule has 1 atom stereocenters. The number of carbonyl (C=O) groups is 1. The highest BCUT2D eigenvalue weighted by Gasteiger charge is 2.19. The molecule has 112 valence electrons. The molecular weight excluding hydrogens is 290 g/mol. The summed E-state index contributed by atoms with van der Waals surface area (Å²) in [5.74, 6) is 2.05. The normalized spacial score (nSPS) is 12.4. The van der Waals surface area contributed by atoms with Gasteiger partial charge in [-0.15, -0.1) is 0 Å². The molecule has 0 aromatic carbocycles. The van der Waals surface area contributed by atoms with E-state index in [2.05, 4.69) is 10.3 Å². The van der Waals surface area contributed by atoms with E-state index < -0.39 is 0 Å². The Bertz CT molecular complexity index is 610. The van der Waals surface area contributed by atoms with E-state index in [-0.39, 0.29) is 11.9 Å². The highest BCUT2D eigenvalue weighted by molar-refractivity contribution is 6.30. The van der Waals surface area contributed by atoms with Gasteiger partial charge < -0.3 is 9.73 Å². The summed E-state index contributed by atoms with van der Waals surface area (Å²) in [5, 5.41) is 3.29. The number of halogens is 1. The third-order valence-corrected chi connectivity index (χ3v) is 3.44. The first kappa shape index (κ1) is 15.5. The summed E-state index contributed by atoms with van der Waals surface area (Å²) in [6.07, 6.45) is 1.50. The first-order valence-corrected chi connectivity index (χ1v) is 7.01. The average Bonchev–Trinajstić information content (AvgIpc) is 2.85. The van der Waals surface area contributed by atoms with Crippen LogP contribution in [-0.2, 0) is 11.3 Å². The van der Waals surface area contributed by atoms with Crippen molar-refractivity contribution in [1.82, 2.24) is 9.88 Å². The quantitative estimate of drug-likeness (QED) is 0.922. The van der Waals surface area contributed by atoms with Gasteiger partial charge in [0.05, 0.1) is 17.6 Å². The third kappa shape index (κ3) is 4.31. The molecule has 2 aromatic rings. The molecule has 1 amide bonds. The Balaban J connectivity index is 1.93. The van der Waals surface area contributed by atoms with Crippen molar-refractivity contribution in [2.24, 2.45) is 0 Å². The van der Waals surface area contributed by atoms with Crippen molar-refractivity contribution in [3.8, 4) is 0 Å². The van der Waals surface area contributed by atoms with Crippen LogP contribution >= 0.6 is 11.6 Å². The lowest BCUT2D eigenvalue weighted by Gasteiger charge is -2.22. The van der Waals surface area contributed by atoms with Crippen LogP contribution in [0, 0.1) is 6.92 Å². The maximum atomic E-state index is 12.2. The van der Waals surface area contributed by atoms with Gasteiger partial charge in [-0.2, -0.15) is 0 Å². The summed E-state index contributed by atoms with van der Waals surface area (Å²) in [6.45, 7) is 4.30. The molecule has 0 aliphatic rings. The molecule has 0 aliphatic carbocycles. The summed E-state index contributed by atoms with van der Waals surface area (Å²) in [6, 6.07) is 6.86. The molecule has 0 radical (unpaired) electrons. The fourth-order valence-corrected chi connectivity index (χ4v) is 1.95. The summed E-state index contributed by atoms with van der Waals surface area (Å²) in [5.41, 5.74) is 0. The predicted molar refractivity (Wildman–Crippen MR) is 82.3 cm³/mol. The van der Waals surface area contributed by atoms with Gasteiger partial charge in [-0.05, 0) is 45.2 Å². The van der Waals surface area contributed by atoms with E-state index in [9.17, 15) is 4.79 Å². The number of nitrogens with zero attached hydrogens (tertiary/aromatic N) is 2. The van der Waals surface area contributed by atoms with Crippen molar-refractivity contribution < 1.29 is 9.21 Å². The maximum absolute atomic E-state index is 12.2. The number of hydrogen-bond donors (Lipinski definition) is 1. The number of anilines is 1. The van der Waals surface area contributed by atoms with Crippen LogP contribution in [-0.4, -0.2) is 28.9 Å². The molecule has 2 aromatic heterocycles. The van der Waals surface area contributed by atoms with Gasteiger partial charge in [-0.1, -0.05) is 11.6 Å². The molecule has 21 heavy (non-hydrogen) atoms. The van der Waals surface area contributed by atoms with Gasteiger partial charge in [-0.25, -0.2) is 4.98 Å². The van der Waals surface area contributed by atoms with Crippen LogP contribution in [0.5, 0.6) is 0 Å². The molecule has 1 N–H and O–H groups in total. The Morgan fingerprint density at radius 3 is 2.76 bits per heavy atom. The lowest BCUT2D eigenvalue weighted by Crippen LogP contribution is -2.39. The second-order valence-corrected chi connectivity index (χ2v) is 5.39. The second-order valence-electron chi connectivity index (χ2n) is 4.95. The zero-order chi connectivity index (χ0) is 15.4. The number of nitrogens with one attached hydrogen (secondary N) is 1. The molecule has 0 saturated heterocycles. The van der Waals surface area contributed by atoms with Crippen molar-refractivity contribution in [1.29, 1.82) is 0 Å². The van der Waals surface area contributed by atoms with Crippen molar-refractivity contribution >= 4 is 23.3 Å². The lowest BCUT2D eigenvalue weighted by atomic mass is 10.2. The Morgan fingerprint density at radius 2 is 2.19 bits per heavy atom. The highest BCUT2D eigenvalue weighted by Crippen LogP contribution is 2.13. The minimum absolute atomic E-state index is 0.129. The monoisotopic (exact) mass is 307 g/mol. The molecule has 0 bridgehead atoms. The van der Waals surface area contributed by atoms with Crippen LogP contribution in [0.4, 0.5) is 5.82 Å². The number of aryl methyl sites for hydroxylation is 1. The van der Waals surface area contributed by atoms with Crippen LogP contribution in [0.1, 0.15) is 18.4 Å². The van der Waals surface area contributed by atoms with Crippen LogP contribution in [0.2, 0.25) is 5.02 Å². The molecule has 5 nitrogen and oxygen atoms in total. The van der Waals surface area contributed by atoms with Gasteiger partial charge >= 0.3 is 0 Å². The van der Waals surface area contributed by atoms with Crippen LogP contribution in [0.25, 0.3) is 0 Å². The molecule has 2 heterocycles. The summed E-state index contributed by atoms with van der Waals surface area (Å²) in [7, 11) is 1.87. The number of hydrogen-bond acceptors (Lipinski definition) is 4. The number of likely N-dealkylation sites (N-methyl/N-ethyl adjacent to an activating group) is 1. The minimum Gasteiger partial charge on any atom is -0.465 e. The number of carbonyl (C=O) groups excluding carboxylic acids is 1. The summed E-state index contributed by atoms with van der Waals surface area (Å²) in [4.78, 5) is 18.1. The zero-order valence-electron chi connectivity index (χ0n) is 12.3. The van der Waals surface area contributed by atoms with E-state index in [0.29, 0.717) is 17.4 Å². The molecule has 2 rings (SSSR count). The number of aromatic nitrogens is 1. The van der Waals surface area contributed by atoms with Crippen LogP contribution in [0.3, 0.4) is 0 Å². The van der Waals surface area contributed by atoms with E-state index in [4.69, 9.17) is 16.0 Å². The SMILES string of the molecule is Cc1ccc(CN(C)[C@H](C)C(=O)Nc2ccc(Cl)cn2)o1. The topological polar surface area (TPSA) is 58.4 Å². The van der Waals surface area contributed by atoms with Crippen molar-refractivity contribution in [2.45, 2.75) is 26.4 Å². The van der Waals surface area contributed by atoms with Gasteiger partial charge in [0.25, 0.3) is 0 Å². The van der Waals surface area contributed by atoms with Crippen molar-refractivity contribution in [3.63, 3.8) is 0 Å². The van der Waals surface area contributed by atoms with E-state index in [1.165, 1.54) is 6.20 Å². The summed E-state index contributed by atoms with van der Waals surface area (Å²) >= 11 is 5.76. The smallest absolute Gasteiger partial charge is 0.242 e. The Labute approximate surface area is 128 Å². The summed E-state index contributed by atoms with van der Waals surface area (Å²) < 4.78 is 5.52. The van der Waals surface area contributed by atoms with Gasteiger partial charge in [0.2, 0.25) is 5.91 Å². The van der Waals surface area contributed by atoms with E-state index >= 15 is 0 Å². The van der Waals surface area contributed by atoms with Crippen molar-refractivity contribution in [2.75, 3.05) is 12.4 Å². The highest BCUT2D eigenvalue weighted by atomic mass is 35.5. The van der Waals surface area contributed by atoms with Crippen LogP contribution < -0.4 is 5.32 Å². The molecule has 0 saturated carbocycles. The standard InChI is InChI=1S/C15H18ClN3O2/c1-10-4-6-13(21-10)9-19(3)11(2)15(20)18-14-7-5-12(16)8-17-14/h4-8,11H,9H2,1-3H3,(H,17,18,20)/t11-/m1/s1. The van der Waals surface area contributed by atoms with Gasteiger partial charge in [0.1, 0.15) is 17.3 Å². The van der Waals surface area contributed by atoms with Crippen molar-refractivity contribution in [3.05, 3.63) is 47.0 Å². The lowest BCUT2D eigenvalue weighted by molar-refractivity contribution is -0.120. The largest absolute Gasteiger partial charge is 0.465 e. The van der Waals surface area contributed by atoms with Gasteiger partial charge in [0, 0.05) is 6.20 Å². The van der Waals surface area contributed by atoms with Gasteiger partial charge in [-0.3, -0.25) is 9.69 Å². The predicted octanol–water partition coefficient (Wildman–Crippen LogP) is 3.10. The Morgan fingerprint density at radius 1 is 1.43 bits per heavy atom. The number of amides is 1. The first-order chi connectivity index (χ1) is 9.95. The number of furan rings is 1. The van der Waals surface area contributed by atoms with E-state index in [0.717, 1.165) is 11.5 Å². The molecule has 0 aliphatic heterocycles. The second kappa shape index (κ2) is 6.74. The average molecular weight is 308 g/mol.